The van der Waals surface area contributed by atoms with Gasteiger partial charge >= 0.3 is 5.97 Å². The maximum atomic E-state index is 14.8. The van der Waals surface area contributed by atoms with E-state index in [2.05, 4.69) is 9.88 Å². The molecule has 1 aliphatic rings. The summed E-state index contributed by atoms with van der Waals surface area (Å²) >= 11 is 0. The summed E-state index contributed by atoms with van der Waals surface area (Å²) in [5.74, 6) is -0.109. The molecule has 0 atom stereocenters. The molecule has 34 heavy (non-hydrogen) atoms. The number of methoxy groups -OCH3 is 1. The molecular weight excluding hydrogens is 435 g/mol. The molecule has 7 nitrogen and oxygen atoms in total. The Labute approximate surface area is 197 Å². The molecule has 8 heteroatoms. The lowest BCUT2D eigenvalue weighted by atomic mass is 10.0. The third kappa shape index (κ3) is 3.49. The van der Waals surface area contributed by atoms with E-state index in [0.29, 0.717) is 47.4 Å². The summed E-state index contributed by atoms with van der Waals surface area (Å²) in [6, 6.07) is 8.89. The van der Waals surface area contributed by atoms with Crippen LogP contribution >= 0.6 is 0 Å². The van der Waals surface area contributed by atoms with Gasteiger partial charge in [-0.15, -0.1) is 0 Å². The summed E-state index contributed by atoms with van der Waals surface area (Å²) in [6.07, 6.45) is 0.668. The van der Waals surface area contributed by atoms with Crippen LogP contribution in [0.4, 0.5) is 10.1 Å². The molecule has 1 aliphatic heterocycles. The second-order valence-corrected chi connectivity index (χ2v) is 8.47. The molecule has 0 bridgehead atoms. The van der Waals surface area contributed by atoms with Crippen LogP contribution < -0.4 is 4.90 Å². The Morgan fingerprint density at radius 1 is 1.15 bits per heavy atom. The van der Waals surface area contributed by atoms with Crippen LogP contribution in [-0.4, -0.2) is 53.9 Å². The van der Waals surface area contributed by atoms with Gasteiger partial charge < -0.3 is 14.4 Å². The van der Waals surface area contributed by atoms with Crippen molar-refractivity contribution in [2.75, 3.05) is 38.3 Å². The largest absolute Gasteiger partial charge is 0.465 e. The Hall–Kier alpha value is -3.52. The van der Waals surface area contributed by atoms with Gasteiger partial charge in [0.15, 0.2) is 0 Å². The highest BCUT2D eigenvalue weighted by molar-refractivity contribution is 6.05. The number of hydrogen-bond donors (Lipinski definition) is 0. The fraction of sp³-hybridized carbons (Fsp3) is 0.346. The topological polar surface area (TPSA) is 69.5 Å². The zero-order chi connectivity index (χ0) is 24.0. The monoisotopic (exact) mass is 462 g/mol. The van der Waals surface area contributed by atoms with Gasteiger partial charge in [0, 0.05) is 29.9 Å². The minimum absolute atomic E-state index is 0.332. The van der Waals surface area contributed by atoms with Crippen LogP contribution in [0, 0.1) is 19.7 Å². The Morgan fingerprint density at radius 2 is 1.91 bits per heavy atom. The summed E-state index contributed by atoms with van der Waals surface area (Å²) in [5.41, 5.74) is 5.57. The van der Waals surface area contributed by atoms with E-state index in [0.717, 1.165) is 41.2 Å². The van der Waals surface area contributed by atoms with Gasteiger partial charge in [0.25, 0.3) is 0 Å². The quantitative estimate of drug-likeness (QED) is 0.416. The number of aryl methyl sites for hydroxylation is 2. The molecular formula is C26H27FN4O3. The number of pyridine rings is 1. The van der Waals surface area contributed by atoms with E-state index in [1.54, 1.807) is 6.07 Å². The maximum Gasteiger partial charge on any atom is 0.340 e. The Kier molecular flexibility index (Phi) is 5.69. The van der Waals surface area contributed by atoms with Crippen molar-refractivity contribution in [2.24, 2.45) is 0 Å². The number of benzene rings is 2. The van der Waals surface area contributed by atoms with Crippen LogP contribution in [0.2, 0.25) is 0 Å². The predicted octanol–water partition coefficient (Wildman–Crippen LogP) is 4.52. The molecule has 176 valence electrons. The summed E-state index contributed by atoms with van der Waals surface area (Å²) in [6.45, 7) is 8.60. The third-order valence-corrected chi connectivity index (χ3v) is 6.53. The predicted molar refractivity (Wildman–Crippen MR) is 130 cm³/mol. The SMILES string of the molecule is CCc1nc2c(F)cccc2c(-n2c(C)nc3c(C(=O)OC)cc(N4CCOCC4)cc32)c1C. The van der Waals surface area contributed by atoms with Gasteiger partial charge in [0.2, 0.25) is 0 Å². The summed E-state index contributed by atoms with van der Waals surface area (Å²) in [5, 5.41) is 0.702. The molecule has 4 aromatic rings. The first-order valence-electron chi connectivity index (χ1n) is 11.5. The normalized spacial score (nSPS) is 14.2. The Bertz CT molecular complexity index is 1420. The number of hydrogen-bond acceptors (Lipinski definition) is 6. The van der Waals surface area contributed by atoms with Gasteiger partial charge in [-0.3, -0.25) is 4.57 Å². The number of carbonyl (C=O) groups is 1. The highest BCUT2D eigenvalue weighted by Crippen LogP contribution is 2.35. The van der Waals surface area contributed by atoms with Crippen molar-refractivity contribution in [3.8, 4) is 5.69 Å². The van der Waals surface area contributed by atoms with Crippen LogP contribution in [0.3, 0.4) is 0 Å². The van der Waals surface area contributed by atoms with E-state index in [-0.39, 0.29) is 5.82 Å². The number of ether oxygens (including phenoxy) is 2. The lowest BCUT2D eigenvalue weighted by Gasteiger charge is -2.29. The highest BCUT2D eigenvalue weighted by Gasteiger charge is 2.24. The second-order valence-electron chi connectivity index (χ2n) is 8.47. The Balaban J connectivity index is 1.88. The molecule has 2 aromatic heterocycles. The van der Waals surface area contributed by atoms with Crippen molar-refractivity contribution in [3.05, 3.63) is 58.8 Å². The lowest BCUT2D eigenvalue weighted by Crippen LogP contribution is -2.36. The number of nitrogens with zero attached hydrogens (tertiary/aromatic N) is 4. The van der Waals surface area contributed by atoms with E-state index in [1.165, 1.54) is 13.2 Å². The molecule has 2 aromatic carbocycles. The van der Waals surface area contributed by atoms with Crippen molar-refractivity contribution in [3.63, 3.8) is 0 Å². The molecule has 0 N–H and O–H groups in total. The fourth-order valence-corrected chi connectivity index (χ4v) is 4.84. The van der Waals surface area contributed by atoms with Crippen molar-refractivity contribution < 1.29 is 18.7 Å². The average Bonchev–Trinajstić information content (AvgIpc) is 3.18. The minimum atomic E-state index is -0.443. The summed E-state index contributed by atoms with van der Waals surface area (Å²) < 4.78 is 27.5. The number of imidazole rings is 1. The van der Waals surface area contributed by atoms with Crippen LogP contribution in [0.25, 0.3) is 27.6 Å². The average molecular weight is 463 g/mol. The van der Waals surface area contributed by atoms with E-state index in [4.69, 9.17) is 14.5 Å². The number of aromatic nitrogens is 3. The highest BCUT2D eigenvalue weighted by atomic mass is 19.1. The Morgan fingerprint density at radius 3 is 2.62 bits per heavy atom. The smallest absolute Gasteiger partial charge is 0.340 e. The van der Waals surface area contributed by atoms with E-state index in [9.17, 15) is 9.18 Å². The molecule has 0 spiro atoms. The van der Waals surface area contributed by atoms with Gasteiger partial charge in [0.1, 0.15) is 22.7 Å². The van der Waals surface area contributed by atoms with Crippen LogP contribution in [-0.2, 0) is 15.9 Å². The van der Waals surface area contributed by atoms with Gasteiger partial charge in [0.05, 0.1) is 37.1 Å². The number of morpholine rings is 1. The van der Waals surface area contributed by atoms with Crippen molar-refractivity contribution in [1.82, 2.24) is 14.5 Å². The van der Waals surface area contributed by atoms with Gasteiger partial charge in [-0.1, -0.05) is 19.1 Å². The number of anilines is 1. The van der Waals surface area contributed by atoms with E-state index < -0.39 is 5.97 Å². The van der Waals surface area contributed by atoms with E-state index >= 15 is 0 Å². The molecule has 0 amide bonds. The maximum absolute atomic E-state index is 14.8. The van der Waals surface area contributed by atoms with Crippen molar-refractivity contribution in [2.45, 2.75) is 27.2 Å². The molecule has 1 fully saturated rings. The lowest BCUT2D eigenvalue weighted by molar-refractivity contribution is 0.0603. The number of esters is 1. The number of fused-ring (bicyclic) bond motifs is 2. The number of carbonyl (C=O) groups excluding carboxylic acids is 1. The molecule has 0 unspecified atom stereocenters. The molecule has 5 rings (SSSR count). The van der Waals surface area contributed by atoms with E-state index in [1.807, 2.05) is 43.5 Å². The molecule has 1 saturated heterocycles. The molecule has 3 heterocycles. The summed E-state index contributed by atoms with van der Waals surface area (Å²) in [7, 11) is 1.37. The molecule has 0 radical (unpaired) electrons. The number of halogens is 1. The zero-order valence-corrected chi connectivity index (χ0v) is 19.8. The standard InChI is InChI=1S/C26H27FN4O3/c1-5-21-15(2)25(18-7-6-8-20(27)23(18)29-21)31-16(3)28-24-19(26(32)33-4)13-17(14-22(24)31)30-9-11-34-12-10-30/h6-8,13-14H,5,9-12H2,1-4H3. The summed E-state index contributed by atoms with van der Waals surface area (Å²) in [4.78, 5) is 24.4. The minimum Gasteiger partial charge on any atom is -0.465 e. The van der Waals surface area contributed by atoms with Crippen LogP contribution in [0.1, 0.15) is 34.4 Å². The van der Waals surface area contributed by atoms with Crippen LogP contribution in [0.15, 0.2) is 30.3 Å². The van der Waals surface area contributed by atoms with Gasteiger partial charge in [-0.25, -0.2) is 19.2 Å². The van der Waals surface area contributed by atoms with Crippen LogP contribution in [0.5, 0.6) is 0 Å². The first-order chi connectivity index (χ1) is 16.4. The molecule has 0 aliphatic carbocycles. The van der Waals surface area contributed by atoms with Crippen molar-refractivity contribution in [1.29, 1.82) is 0 Å². The van der Waals surface area contributed by atoms with Crippen molar-refractivity contribution >= 4 is 33.6 Å². The number of para-hydroxylation sites is 1. The fourth-order valence-electron chi connectivity index (χ4n) is 4.84. The van der Waals surface area contributed by atoms with Gasteiger partial charge in [-0.05, 0) is 44.0 Å². The number of rotatable bonds is 4. The van der Waals surface area contributed by atoms with Gasteiger partial charge in [-0.2, -0.15) is 0 Å². The first-order valence-corrected chi connectivity index (χ1v) is 11.5. The second kappa shape index (κ2) is 8.68. The third-order valence-electron chi connectivity index (χ3n) is 6.53. The zero-order valence-electron chi connectivity index (χ0n) is 19.8. The molecule has 0 saturated carbocycles. The first kappa shape index (κ1) is 22.3.